The fourth-order valence-electron chi connectivity index (χ4n) is 1.31. The Kier molecular flexibility index (Phi) is 4.87. The Morgan fingerprint density at radius 2 is 1.95 bits per heavy atom. The minimum Gasteiger partial charge on any atom is -0.480 e. The Morgan fingerprint density at radius 1 is 1.32 bits per heavy atom. The van der Waals surface area contributed by atoms with E-state index in [1.54, 1.807) is 18.2 Å². The van der Waals surface area contributed by atoms with Crippen molar-refractivity contribution in [3.63, 3.8) is 0 Å². The second kappa shape index (κ2) is 6.39. The molecule has 0 bridgehead atoms. The summed E-state index contributed by atoms with van der Waals surface area (Å²) in [6.07, 6.45) is 0. The van der Waals surface area contributed by atoms with Crippen molar-refractivity contribution in [3.05, 3.63) is 29.8 Å². The molecule has 0 radical (unpaired) electrons. The number of carboxylic acid groups (broad SMARTS) is 1. The van der Waals surface area contributed by atoms with Crippen LogP contribution in [0.3, 0.4) is 0 Å². The van der Waals surface area contributed by atoms with Crippen LogP contribution in [0.25, 0.3) is 0 Å². The highest BCUT2D eigenvalue weighted by Crippen LogP contribution is 2.09. The van der Waals surface area contributed by atoms with E-state index < -0.39 is 23.8 Å². The van der Waals surface area contributed by atoms with Gasteiger partial charge in [-0.2, -0.15) is 0 Å². The molecule has 5 N–H and O–H groups in total. The van der Waals surface area contributed by atoms with Crippen molar-refractivity contribution in [2.24, 2.45) is 0 Å². The predicted octanol–water partition coefficient (Wildman–Crippen LogP) is -0.412. The lowest BCUT2D eigenvalue weighted by Gasteiger charge is -2.10. The first-order valence-corrected chi connectivity index (χ1v) is 5.56. The summed E-state index contributed by atoms with van der Waals surface area (Å²) in [6, 6.07) is 5.43. The summed E-state index contributed by atoms with van der Waals surface area (Å²) >= 11 is 0. The summed E-state index contributed by atoms with van der Waals surface area (Å²) < 4.78 is 0. The summed E-state index contributed by atoms with van der Waals surface area (Å²) in [6.45, 7) is 1.02. The number of nitrogens with two attached hydrogens (primary N) is 1. The van der Waals surface area contributed by atoms with E-state index in [4.69, 9.17) is 10.8 Å². The standard InChI is InChI=1S/C12H15N3O4/c1-7(12(18)19)15-10(16)6-14-11(17)8-4-2-3-5-9(8)13/h2-5,7H,6,13H2,1H3,(H,14,17)(H,15,16)(H,18,19)/t7-/m0/s1. The van der Waals surface area contributed by atoms with Crippen molar-refractivity contribution in [3.8, 4) is 0 Å². The molecule has 1 rings (SSSR count). The van der Waals surface area contributed by atoms with Gasteiger partial charge in [-0.1, -0.05) is 12.1 Å². The SMILES string of the molecule is C[C@H](NC(=O)CNC(=O)c1ccccc1N)C(=O)O. The fraction of sp³-hybridized carbons (Fsp3) is 0.250. The molecule has 0 aliphatic heterocycles. The Balaban J connectivity index is 2.49. The molecule has 0 aliphatic rings. The van der Waals surface area contributed by atoms with Gasteiger partial charge in [-0.3, -0.25) is 14.4 Å². The minimum absolute atomic E-state index is 0.265. The topological polar surface area (TPSA) is 122 Å². The van der Waals surface area contributed by atoms with Gasteiger partial charge in [0.05, 0.1) is 12.1 Å². The number of nitrogens with one attached hydrogen (secondary N) is 2. The van der Waals surface area contributed by atoms with Gasteiger partial charge in [0.2, 0.25) is 5.91 Å². The maximum atomic E-state index is 11.7. The molecule has 19 heavy (non-hydrogen) atoms. The van der Waals surface area contributed by atoms with Gasteiger partial charge < -0.3 is 21.5 Å². The molecule has 0 heterocycles. The first-order valence-electron chi connectivity index (χ1n) is 5.56. The lowest BCUT2D eigenvalue weighted by Crippen LogP contribution is -2.44. The highest BCUT2D eigenvalue weighted by atomic mass is 16.4. The van der Waals surface area contributed by atoms with Crippen molar-refractivity contribution in [2.45, 2.75) is 13.0 Å². The monoisotopic (exact) mass is 265 g/mol. The Morgan fingerprint density at radius 3 is 2.53 bits per heavy atom. The molecule has 0 saturated carbocycles. The van der Waals surface area contributed by atoms with Crippen LogP contribution in [0.1, 0.15) is 17.3 Å². The number of anilines is 1. The normalized spacial score (nSPS) is 11.4. The van der Waals surface area contributed by atoms with Gasteiger partial charge >= 0.3 is 5.97 Å². The average Bonchev–Trinajstić information content (AvgIpc) is 2.36. The molecule has 0 saturated heterocycles. The molecule has 1 atom stereocenters. The van der Waals surface area contributed by atoms with E-state index in [0.29, 0.717) is 5.69 Å². The summed E-state index contributed by atoms with van der Waals surface area (Å²) in [5.74, 6) is -2.22. The smallest absolute Gasteiger partial charge is 0.325 e. The number of carboxylic acids is 1. The van der Waals surface area contributed by atoms with Crippen LogP contribution in [0.2, 0.25) is 0 Å². The van der Waals surface area contributed by atoms with Gasteiger partial charge in [0, 0.05) is 5.69 Å². The number of carbonyl (C=O) groups excluding carboxylic acids is 2. The number of rotatable bonds is 5. The van der Waals surface area contributed by atoms with Crippen LogP contribution in [-0.4, -0.2) is 35.5 Å². The summed E-state index contributed by atoms with van der Waals surface area (Å²) in [5, 5.41) is 13.2. The van der Waals surface area contributed by atoms with E-state index in [-0.39, 0.29) is 12.1 Å². The van der Waals surface area contributed by atoms with E-state index in [1.807, 2.05) is 0 Å². The average molecular weight is 265 g/mol. The molecule has 7 nitrogen and oxygen atoms in total. The van der Waals surface area contributed by atoms with Crippen molar-refractivity contribution in [1.29, 1.82) is 0 Å². The number of hydrogen-bond acceptors (Lipinski definition) is 4. The molecule has 0 spiro atoms. The van der Waals surface area contributed by atoms with E-state index in [2.05, 4.69) is 10.6 Å². The zero-order chi connectivity index (χ0) is 14.4. The van der Waals surface area contributed by atoms with E-state index in [1.165, 1.54) is 13.0 Å². The maximum Gasteiger partial charge on any atom is 0.325 e. The molecule has 0 fully saturated rings. The van der Waals surface area contributed by atoms with Gasteiger partial charge in [0.1, 0.15) is 6.04 Å². The largest absolute Gasteiger partial charge is 0.480 e. The van der Waals surface area contributed by atoms with Crippen LogP contribution in [0.15, 0.2) is 24.3 Å². The first-order chi connectivity index (χ1) is 8.91. The van der Waals surface area contributed by atoms with Crippen LogP contribution in [0.5, 0.6) is 0 Å². The number of aliphatic carboxylic acids is 1. The lowest BCUT2D eigenvalue weighted by molar-refractivity contribution is -0.141. The minimum atomic E-state index is -1.15. The fourth-order valence-corrected chi connectivity index (χ4v) is 1.31. The molecular weight excluding hydrogens is 250 g/mol. The second-order valence-corrected chi connectivity index (χ2v) is 3.90. The molecule has 2 amide bonds. The lowest BCUT2D eigenvalue weighted by atomic mass is 10.1. The molecule has 7 heteroatoms. The predicted molar refractivity (Wildman–Crippen MR) is 68.4 cm³/mol. The molecule has 0 aromatic heterocycles. The number of carbonyl (C=O) groups is 3. The van der Waals surface area contributed by atoms with Gasteiger partial charge in [0.25, 0.3) is 5.91 Å². The van der Waals surface area contributed by atoms with Gasteiger partial charge in [0.15, 0.2) is 0 Å². The molecule has 0 unspecified atom stereocenters. The van der Waals surface area contributed by atoms with Crippen molar-refractivity contribution >= 4 is 23.5 Å². The Labute approximate surface area is 109 Å². The molecule has 102 valence electrons. The van der Waals surface area contributed by atoms with Gasteiger partial charge in [-0.05, 0) is 19.1 Å². The number of hydrogen-bond donors (Lipinski definition) is 4. The summed E-state index contributed by atoms with van der Waals surface area (Å²) in [4.78, 5) is 33.6. The van der Waals surface area contributed by atoms with Crippen LogP contribution in [-0.2, 0) is 9.59 Å². The second-order valence-electron chi connectivity index (χ2n) is 3.90. The Bertz CT molecular complexity index is 502. The van der Waals surface area contributed by atoms with Crippen molar-refractivity contribution in [2.75, 3.05) is 12.3 Å². The van der Waals surface area contributed by atoms with Crippen molar-refractivity contribution in [1.82, 2.24) is 10.6 Å². The third kappa shape index (κ3) is 4.30. The van der Waals surface area contributed by atoms with Crippen LogP contribution < -0.4 is 16.4 Å². The molecule has 1 aromatic rings. The quantitative estimate of drug-likeness (QED) is 0.539. The molecular formula is C12H15N3O4. The molecule has 1 aromatic carbocycles. The number of amides is 2. The van der Waals surface area contributed by atoms with Crippen molar-refractivity contribution < 1.29 is 19.5 Å². The van der Waals surface area contributed by atoms with Gasteiger partial charge in [-0.15, -0.1) is 0 Å². The van der Waals surface area contributed by atoms with Crippen LogP contribution >= 0.6 is 0 Å². The third-order valence-electron chi connectivity index (χ3n) is 2.36. The maximum absolute atomic E-state index is 11.7. The van der Waals surface area contributed by atoms with Gasteiger partial charge in [-0.25, -0.2) is 0 Å². The van der Waals surface area contributed by atoms with Crippen LogP contribution in [0, 0.1) is 0 Å². The first kappa shape index (κ1) is 14.5. The van der Waals surface area contributed by atoms with E-state index in [0.717, 1.165) is 0 Å². The number of nitrogen functional groups attached to an aromatic ring is 1. The number of benzene rings is 1. The summed E-state index contributed by atoms with van der Waals surface area (Å²) in [7, 11) is 0. The highest BCUT2D eigenvalue weighted by Gasteiger charge is 2.15. The van der Waals surface area contributed by atoms with E-state index in [9.17, 15) is 14.4 Å². The Hall–Kier alpha value is -2.57. The van der Waals surface area contributed by atoms with Crippen LogP contribution in [0.4, 0.5) is 5.69 Å². The zero-order valence-electron chi connectivity index (χ0n) is 10.3. The summed E-state index contributed by atoms with van der Waals surface area (Å²) in [5.41, 5.74) is 6.18. The molecule has 0 aliphatic carbocycles. The third-order valence-corrected chi connectivity index (χ3v) is 2.36. The zero-order valence-corrected chi connectivity index (χ0v) is 10.3. The number of para-hydroxylation sites is 1. The van der Waals surface area contributed by atoms with E-state index >= 15 is 0 Å². The highest BCUT2D eigenvalue weighted by molar-refractivity contribution is 6.00.